The number of rotatable bonds is 13. The highest BCUT2D eigenvalue weighted by molar-refractivity contribution is 5.66. The van der Waals surface area contributed by atoms with Crippen molar-refractivity contribution in [3.8, 4) is 5.75 Å². The number of esters is 2. The van der Waals surface area contributed by atoms with Crippen LogP contribution in [0.4, 0.5) is 0 Å². The summed E-state index contributed by atoms with van der Waals surface area (Å²) < 4.78 is 40.7. The van der Waals surface area contributed by atoms with Crippen LogP contribution in [0, 0.1) is 0 Å². The Bertz CT molecular complexity index is 992. The molecule has 200 valence electrons. The fourth-order valence-corrected chi connectivity index (χ4v) is 3.89. The summed E-state index contributed by atoms with van der Waals surface area (Å²) in [5.41, 5.74) is 1.81. The van der Waals surface area contributed by atoms with Crippen LogP contribution in [0.25, 0.3) is 0 Å². The third kappa shape index (κ3) is 8.68. The molecule has 1 heterocycles. The molecule has 3 rings (SSSR count). The van der Waals surface area contributed by atoms with Crippen LogP contribution < -0.4 is 4.74 Å². The van der Waals surface area contributed by atoms with Crippen LogP contribution in [-0.4, -0.2) is 63.0 Å². The van der Waals surface area contributed by atoms with E-state index in [4.69, 9.17) is 33.2 Å². The maximum absolute atomic E-state index is 12.1. The van der Waals surface area contributed by atoms with Gasteiger partial charge in [-0.05, 0) is 23.3 Å². The second-order valence-corrected chi connectivity index (χ2v) is 8.43. The SMILES string of the molecule is C=CCO[C@@H]1O[C@H](COC(C)=O)[C@H](OC(C)=O)[C@H](OCc2ccc(OC)cc2)[C@H]1OCc1ccccc1. The van der Waals surface area contributed by atoms with Gasteiger partial charge in [0.15, 0.2) is 12.4 Å². The zero-order valence-electron chi connectivity index (χ0n) is 21.4. The number of methoxy groups -OCH3 is 1. The van der Waals surface area contributed by atoms with Crippen LogP contribution in [0.5, 0.6) is 5.75 Å². The zero-order chi connectivity index (χ0) is 26.6. The van der Waals surface area contributed by atoms with Crippen molar-refractivity contribution in [1.29, 1.82) is 0 Å². The molecule has 1 saturated heterocycles. The summed E-state index contributed by atoms with van der Waals surface area (Å²) in [6.45, 7) is 6.74. The molecular formula is C28H34O9. The predicted octanol–water partition coefficient (Wildman–Crippen LogP) is 3.59. The van der Waals surface area contributed by atoms with Crippen molar-refractivity contribution >= 4 is 11.9 Å². The molecule has 2 aromatic carbocycles. The number of hydrogen-bond acceptors (Lipinski definition) is 9. The minimum Gasteiger partial charge on any atom is -0.497 e. The van der Waals surface area contributed by atoms with E-state index in [9.17, 15) is 9.59 Å². The lowest BCUT2D eigenvalue weighted by molar-refractivity contribution is -0.319. The number of ether oxygens (including phenoxy) is 7. The maximum Gasteiger partial charge on any atom is 0.303 e. The summed E-state index contributed by atoms with van der Waals surface area (Å²) >= 11 is 0. The van der Waals surface area contributed by atoms with Crippen molar-refractivity contribution in [3.05, 3.63) is 78.4 Å². The molecule has 0 radical (unpaired) electrons. The molecule has 1 aliphatic heterocycles. The molecule has 1 aliphatic rings. The molecule has 0 unspecified atom stereocenters. The first-order chi connectivity index (χ1) is 17.9. The van der Waals surface area contributed by atoms with E-state index in [1.165, 1.54) is 13.8 Å². The molecule has 9 heteroatoms. The molecule has 0 saturated carbocycles. The monoisotopic (exact) mass is 514 g/mol. The number of carbonyl (C=O) groups is 2. The van der Waals surface area contributed by atoms with E-state index in [1.807, 2.05) is 54.6 Å². The van der Waals surface area contributed by atoms with Crippen molar-refractivity contribution < 1.29 is 42.7 Å². The summed E-state index contributed by atoms with van der Waals surface area (Å²) in [6.07, 6.45) is -2.69. The Hall–Kier alpha value is -3.24. The fourth-order valence-electron chi connectivity index (χ4n) is 3.89. The fraction of sp³-hybridized carbons (Fsp3) is 0.429. The van der Waals surface area contributed by atoms with Gasteiger partial charge in [0.25, 0.3) is 0 Å². The van der Waals surface area contributed by atoms with Gasteiger partial charge in [-0.1, -0.05) is 48.5 Å². The van der Waals surface area contributed by atoms with Crippen LogP contribution in [-0.2, 0) is 51.2 Å². The van der Waals surface area contributed by atoms with E-state index in [0.29, 0.717) is 0 Å². The number of hydrogen-bond donors (Lipinski definition) is 0. The van der Waals surface area contributed by atoms with E-state index in [2.05, 4.69) is 6.58 Å². The van der Waals surface area contributed by atoms with Gasteiger partial charge >= 0.3 is 11.9 Å². The summed E-state index contributed by atoms with van der Waals surface area (Å²) in [4.78, 5) is 23.6. The highest BCUT2D eigenvalue weighted by Crippen LogP contribution is 2.31. The molecule has 2 aromatic rings. The Morgan fingerprint density at radius 3 is 2.11 bits per heavy atom. The molecule has 0 aliphatic carbocycles. The lowest BCUT2D eigenvalue weighted by Crippen LogP contribution is -2.62. The normalized spacial score (nSPS) is 23.2. The predicted molar refractivity (Wildman–Crippen MR) is 134 cm³/mol. The van der Waals surface area contributed by atoms with Gasteiger partial charge in [0.2, 0.25) is 0 Å². The molecule has 1 fully saturated rings. The van der Waals surface area contributed by atoms with Crippen LogP contribution in [0.15, 0.2) is 67.3 Å². The standard InChI is InChI=1S/C28H34O9/c1-5-15-32-28-27(35-16-21-9-7-6-8-10-21)26(34-17-22-11-13-23(31-4)14-12-22)25(36-20(3)30)24(37-28)18-33-19(2)29/h5-14,24-28H,1,15-18H2,2-4H3/t24-,25+,26+,27-,28-/m1/s1. The highest BCUT2D eigenvalue weighted by Gasteiger charge is 2.50. The van der Waals surface area contributed by atoms with Crippen molar-refractivity contribution in [2.45, 2.75) is 57.8 Å². The summed E-state index contributed by atoms with van der Waals surface area (Å²) in [7, 11) is 1.60. The molecule has 9 nitrogen and oxygen atoms in total. The average molecular weight is 515 g/mol. The Morgan fingerprint density at radius 1 is 0.865 bits per heavy atom. The van der Waals surface area contributed by atoms with E-state index < -0.39 is 42.6 Å². The van der Waals surface area contributed by atoms with E-state index in [-0.39, 0.29) is 26.4 Å². The Balaban J connectivity index is 1.90. The lowest BCUT2D eigenvalue weighted by atomic mass is 9.98. The number of benzene rings is 2. The molecule has 0 N–H and O–H groups in total. The van der Waals surface area contributed by atoms with Gasteiger partial charge < -0.3 is 33.2 Å². The average Bonchev–Trinajstić information content (AvgIpc) is 2.90. The van der Waals surface area contributed by atoms with Crippen molar-refractivity contribution in [2.75, 3.05) is 20.3 Å². The van der Waals surface area contributed by atoms with Crippen molar-refractivity contribution in [2.24, 2.45) is 0 Å². The van der Waals surface area contributed by atoms with Gasteiger partial charge in [-0.3, -0.25) is 9.59 Å². The van der Waals surface area contributed by atoms with Crippen LogP contribution in [0.3, 0.4) is 0 Å². The zero-order valence-corrected chi connectivity index (χ0v) is 21.4. The Kier molecular flexibility index (Phi) is 11.1. The van der Waals surface area contributed by atoms with Crippen molar-refractivity contribution in [1.82, 2.24) is 0 Å². The lowest BCUT2D eigenvalue weighted by Gasteiger charge is -2.45. The first kappa shape index (κ1) is 28.3. The van der Waals surface area contributed by atoms with Crippen LogP contribution in [0.1, 0.15) is 25.0 Å². The molecule has 5 atom stereocenters. The second kappa shape index (κ2) is 14.5. The maximum atomic E-state index is 12.1. The molecular weight excluding hydrogens is 480 g/mol. The molecule has 0 bridgehead atoms. The van der Waals surface area contributed by atoms with E-state index in [1.54, 1.807) is 13.2 Å². The van der Waals surface area contributed by atoms with Gasteiger partial charge in [-0.2, -0.15) is 0 Å². The van der Waals surface area contributed by atoms with Crippen LogP contribution >= 0.6 is 0 Å². The first-order valence-corrected chi connectivity index (χ1v) is 12.0. The second-order valence-electron chi connectivity index (χ2n) is 8.43. The third-order valence-electron chi connectivity index (χ3n) is 5.61. The summed E-state index contributed by atoms with van der Waals surface area (Å²) in [5, 5.41) is 0. The number of carbonyl (C=O) groups excluding carboxylic acids is 2. The van der Waals surface area contributed by atoms with E-state index >= 15 is 0 Å². The molecule has 0 aromatic heterocycles. The minimum atomic E-state index is -0.931. The topological polar surface area (TPSA) is 98.8 Å². The molecule has 0 amide bonds. The highest BCUT2D eigenvalue weighted by atomic mass is 16.7. The smallest absolute Gasteiger partial charge is 0.303 e. The van der Waals surface area contributed by atoms with Gasteiger partial charge in [0.1, 0.15) is 30.7 Å². The Labute approximate surface area is 217 Å². The molecule has 37 heavy (non-hydrogen) atoms. The molecule has 0 spiro atoms. The van der Waals surface area contributed by atoms with Gasteiger partial charge in [-0.15, -0.1) is 6.58 Å². The quantitative estimate of drug-likeness (QED) is 0.293. The van der Waals surface area contributed by atoms with E-state index in [0.717, 1.165) is 16.9 Å². The van der Waals surface area contributed by atoms with Gasteiger partial charge in [0, 0.05) is 13.8 Å². The van der Waals surface area contributed by atoms with Gasteiger partial charge in [0.05, 0.1) is 26.9 Å². The largest absolute Gasteiger partial charge is 0.497 e. The van der Waals surface area contributed by atoms with Gasteiger partial charge in [-0.25, -0.2) is 0 Å². The Morgan fingerprint density at radius 2 is 1.51 bits per heavy atom. The van der Waals surface area contributed by atoms with Crippen molar-refractivity contribution in [3.63, 3.8) is 0 Å². The summed E-state index contributed by atoms with van der Waals surface area (Å²) in [5.74, 6) is -0.311. The third-order valence-corrected chi connectivity index (χ3v) is 5.61. The minimum absolute atomic E-state index is 0.158. The summed E-state index contributed by atoms with van der Waals surface area (Å²) in [6, 6.07) is 17.0. The first-order valence-electron chi connectivity index (χ1n) is 12.0. The van der Waals surface area contributed by atoms with Crippen LogP contribution in [0.2, 0.25) is 0 Å².